The molecule has 2 aliphatic rings. The maximum atomic E-state index is 12.8. The molecule has 30 heavy (non-hydrogen) atoms. The monoisotopic (exact) mass is 408 g/mol. The molecule has 1 aliphatic heterocycles. The second kappa shape index (κ2) is 8.34. The average Bonchev–Trinajstić information content (AvgIpc) is 2.78. The molecule has 0 saturated heterocycles. The van der Waals surface area contributed by atoms with Crippen molar-refractivity contribution in [3.63, 3.8) is 0 Å². The molecule has 1 saturated carbocycles. The number of amides is 1. The number of anilines is 4. The number of esters is 1. The van der Waals surface area contributed by atoms with Crippen LogP contribution in [0.3, 0.4) is 0 Å². The topological polar surface area (TPSA) is 74.8 Å². The van der Waals surface area contributed by atoms with Gasteiger partial charge in [0.1, 0.15) is 11.9 Å². The van der Waals surface area contributed by atoms with Crippen LogP contribution in [0.15, 0.2) is 36.4 Å². The molecule has 1 fully saturated rings. The number of pyridine rings is 1. The Morgan fingerprint density at radius 3 is 2.67 bits per heavy atom. The molecular formula is C23H28N4O3. The van der Waals surface area contributed by atoms with Gasteiger partial charge in [-0.2, -0.15) is 0 Å². The van der Waals surface area contributed by atoms with Gasteiger partial charge in [0.2, 0.25) is 5.91 Å². The third kappa shape index (κ3) is 3.72. The predicted molar refractivity (Wildman–Crippen MR) is 118 cm³/mol. The largest absolute Gasteiger partial charge is 0.465 e. The number of carbonyl (C=O) groups excluding carboxylic acids is 2. The molecule has 0 bridgehead atoms. The first-order chi connectivity index (χ1) is 14.5. The fourth-order valence-corrected chi connectivity index (χ4v) is 4.50. The minimum atomic E-state index is -0.380. The Balaban J connectivity index is 1.67. The van der Waals surface area contributed by atoms with Crippen LogP contribution in [0.1, 0.15) is 49.4 Å². The zero-order chi connectivity index (χ0) is 21.3. The molecule has 2 aromatic rings. The highest BCUT2D eigenvalue weighted by Gasteiger charge is 2.38. The fourth-order valence-electron chi connectivity index (χ4n) is 4.50. The minimum Gasteiger partial charge on any atom is -0.465 e. The van der Waals surface area contributed by atoms with Gasteiger partial charge in [-0.05, 0) is 50.1 Å². The summed E-state index contributed by atoms with van der Waals surface area (Å²) >= 11 is 0. The van der Waals surface area contributed by atoms with E-state index in [1.807, 2.05) is 32.2 Å². The van der Waals surface area contributed by atoms with Crippen molar-refractivity contribution in [2.45, 2.75) is 51.1 Å². The summed E-state index contributed by atoms with van der Waals surface area (Å²) in [5.41, 5.74) is 2.06. The molecular weight excluding hydrogens is 380 g/mol. The molecule has 1 aliphatic carbocycles. The molecule has 158 valence electrons. The Morgan fingerprint density at radius 2 is 1.93 bits per heavy atom. The Hall–Kier alpha value is -3.09. The summed E-state index contributed by atoms with van der Waals surface area (Å²) in [6, 6.07) is 11.0. The molecule has 7 heteroatoms. The first-order valence-electron chi connectivity index (χ1n) is 10.5. The van der Waals surface area contributed by atoms with Crippen LogP contribution < -0.4 is 15.1 Å². The Kier molecular flexibility index (Phi) is 5.61. The molecule has 4 rings (SSSR count). The maximum Gasteiger partial charge on any atom is 0.337 e. The lowest BCUT2D eigenvalue weighted by molar-refractivity contribution is -0.119. The van der Waals surface area contributed by atoms with Gasteiger partial charge in [-0.15, -0.1) is 0 Å². The van der Waals surface area contributed by atoms with Crippen molar-refractivity contribution in [3.05, 3.63) is 42.0 Å². The van der Waals surface area contributed by atoms with Gasteiger partial charge in [0, 0.05) is 18.8 Å². The molecule has 7 nitrogen and oxygen atoms in total. The summed E-state index contributed by atoms with van der Waals surface area (Å²) in [5, 5.41) is 3.29. The molecule has 0 radical (unpaired) electrons. The van der Waals surface area contributed by atoms with Crippen LogP contribution in [-0.2, 0) is 9.53 Å². The number of methoxy groups -OCH3 is 1. The van der Waals surface area contributed by atoms with E-state index in [4.69, 9.17) is 9.72 Å². The molecule has 1 N–H and O–H groups in total. The Morgan fingerprint density at radius 1 is 1.17 bits per heavy atom. The van der Waals surface area contributed by atoms with Crippen LogP contribution in [0, 0.1) is 0 Å². The Labute approximate surface area is 177 Å². The van der Waals surface area contributed by atoms with Gasteiger partial charge in [-0.25, -0.2) is 9.78 Å². The van der Waals surface area contributed by atoms with Gasteiger partial charge < -0.3 is 19.9 Å². The molecule has 1 aromatic heterocycles. The maximum absolute atomic E-state index is 12.8. The number of aromatic nitrogens is 1. The van der Waals surface area contributed by atoms with Gasteiger partial charge >= 0.3 is 5.97 Å². The summed E-state index contributed by atoms with van der Waals surface area (Å²) in [6.07, 6.45) is 5.80. The normalized spacial score (nSPS) is 19.4. The summed E-state index contributed by atoms with van der Waals surface area (Å²) in [5.74, 6) is 1.23. The van der Waals surface area contributed by atoms with E-state index in [1.54, 1.807) is 23.1 Å². The first kappa shape index (κ1) is 20.2. The highest BCUT2D eigenvalue weighted by atomic mass is 16.5. The number of ether oxygens (including phenoxy) is 1. The highest BCUT2D eigenvalue weighted by Crippen LogP contribution is 2.39. The van der Waals surface area contributed by atoms with E-state index in [0.717, 1.165) is 30.0 Å². The number of nitrogens with one attached hydrogen (secondary N) is 1. The van der Waals surface area contributed by atoms with Gasteiger partial charge in [-0.3, -0.25) is 4.79 Å². The van der Waals surface area contributed by atoms with Gasteiger partial charge in [0.05, 0.1) is 18.4 Å². The summed E-state index contributed by atoms with van der Waals surface area (Å²) in [4.78, 5) is 33.5. The highest BCUT2D eigenvalue weighted by molar-refractivity contribution is 6.04. The number of likely N-dealkylation sites (N-methyl/N-ethyl adjacent to an activating group) is 1. The van der Waals surface area contributed by atoms with Crippen LogP contribution in [0.4, 0.5) is 23.0 Å². The third-order valence-electron chi connectivity index (χ3n) is 6.09. The lowest BCUT2D eigenvalue weighted by atomic mass is 9.92. The lowest BCUT2D eigenvalue weighted by Crippen LogP contribution is -2.55. The smallest absolute Gasteiger partial charge is 0.337 e. The number of benzene rings is 1. The second-order valence-corrected chi connectivity index (χ2v) is 8.01. The molecule has 1 aromatic carbocycles. The minimum absolute atomic E-state index is 0.0985. The van der Waals surface area contributed by atoms with E-state index >= 15 is 0 Å². The summed E-state index contributed by atoms with van der Waals surface area (Å²) in [7, 11) is 3.18. The van der Waals surface area contributed by atoms with Crippen molar-refractivity contribution < 1.29 is 14.3 Å². The van der Waals surface area contributed by atoms with Crippen molar-refractivity contribution in [3.8, 4) is 0 Å². The summed E-state index contributed by atoms with van der Waals surface area (Å²) in [6.45, 7) is 1.97. The third-order valence-corrected chi connectivity index (χ3v) is 6.09. The van der Waals surface area contributed by atoms with E-state index in [1.165, 1.54) is 26.4 Å². The van der Waals surface area contributed by atoms with E-state index in [2.05, 4.69) is 10.2 Å². The van der Waals surface area contributed by atoms with Crippen LogP contribution in [0.25, 0.3) is 0 Å². The van der Waals surface area contributed by atoms with Crippen molar-refractivity contribution in [2.75, 3.05) is 29.3 Å². The number of carbonyl (C=O) groups is 2. The molecule has 1 atom stereocenters. The van der Waals surface area contributed by atoms with E-state index in [-0.39, 0.29) is 17.9 Å². The molecule has 0 unspecified atom stereocenters. The van der Waals surface area contributed by atoms with Crippen LogP contribution in [0.5, 0.6) is 0 Å². The Bertz CT molecular complexity index is 955. The average molecular weight is 409 g/mol. The fraction of sp³-hybridized carbons (Fsp3) is 0.435. The zero-order valence-corrected chi connectivity index (χ0v) is 17.7. The number of hydrogen-bond donors (Lipinski definition) is 1. The van der Waals surface area contributed by atoms with Gasteiger partial charge in [0.25, 0.3) is 0 Å². The number of fused-ring (bicyclic) bond motifs is 1. The number of rotatable bonds is 4. The quantitative estimate of drug-likeness (QED) is 0.767. The van der Waals surface area contributed by atoms with E-state index in [0.29, 0.717) is 17.4 Å². The summed E-state index contributed by atoms with van der Waals surface area (Å²) < 4.78 is 4.80. The van der Waals surface area contributed by atoms with Crippen LogP contribution >= 0.6 is 0 Å². The van der Waals surface area contributed by atoms with Crippen LogP contribution in [-0.4, -0.2) is 43.1 Å². The van der Waals surface area contributed by atoms with Gasteiger partial charge in [-0.1, -0.05) is 25.3 Å². The van der Waals surface area contributed by atoms with Crippen molar-refractivity contribution in [1.82, 2.24) is 4.98 Å². The predicted octanol–water partition coefficient (Wildman–Crippen LogP) is 4.12. The van der Waals surface area contributed by atoms with Crippen molar-refractivity contribution in [1.29, 1.82) is 0 Å². The molecule has 0 spiro atoms. The van der Waals surface area contributed by atoms with Gasteiger partial charge in [0.15, 0.2) is 5.82 Å². The molecule has 2 heterocycles. The lowest BCUT2D eigenvalue weighted by Gasteiger charge is -2.44. The van der Waals surface area contributed by atoms with E-state index < -0.39 is 0 Å². The van der Waals surface area contributed by atoms with Crippen molar-refractivity contribution >= 4 is 34.9 Å². The van der Waals surface area contributed by atoms with Crippen molar-refractivity contribution in [2.24, 2.45) is 0 Å². The number of nitrogens with zero attached hydrogens (tertiary/aromatic N) is 3. The SMILES string of the molecule is COC(=O)c1cccc(Nc2ccc3c(n2)N(C2CCCCC2)[C@H](C)C(=O)N3C)c1. The first-order valence-corrected chi connectivity index (χ1v) is 10.5. The van der Waals surface area contributed by atoms with Crippen LogP contribution in [0.2, 0.25) is 0 Å². The molecule has 1 amide bonds. The second-order valence-electron chi connectivity index (χ2n) is 8.01. The number of hydrogen-bond acceptors (Lipinski definition) is 6. The zero-order valence-electron chi connectivity index (χ0n) is 17.7. The standard InChI is InChI=1S/C23H28N4O3/c1-15-22(28)26(2)19-12-13-20(24-17-9-7-8-16(14-17)23(29)30-3)25-21(19)27(15)18-10-5-4-6-11-18/h7-9,12-15,18H,4-6,10-11H2,1-3H3,(H,24,25)/t15-/m1/s1. The van der Waals surface area contributed by atoms with E-state index in [9.17, 15) is 9.59 Å².